The van der Waals surface area contributed by atoms with Gasteiger partial charge in [0.2, 0.25) is 0 Å². The number of carbonyl (C=O) groups excluding carboxylic acids is 1. The molecule has 1 amide bonds. The number of aryl methyl sites for hydroxylation is 1. The molecule has 3 unspecified atom stereocenters. The van der Waals surface area contributed by atoms with Gasteiger partial charge in [0.1, 0.15) is 0 Å². The fourth-order valence-corrected chi connectivity index (χ4v) is 3.77. The van der Waals surface area contributed by atoms with Crippen molar-refractivity contribution in [2.24, 2.45) is 5.92 Å². The van der Waals surface area contributed by atoms with Crippen molar-refractivity contribution >= 4 is 5.91 Å². The van der Waals surface area contributed by atoms with Gasteiger partial charge < -0.3 is 10.0 Å². The lowest BCUT2D eigenvalue weighted by Crippen LogP contribution is -2.42. The molecule has 0 radical (unpaired) electrons. The van der Waals surface area contributed by atoms with Gasteiger partial charge in [-0.2, -0.15) is 0 Å². The Morgan fingerprint density at radius 3 is 2.55 bits per heavy atom. The molecule has 3 rings (SSSR count). The third kappa shape index (κ3) is 2.47. The second kappa shape index (κ2) is 5.57. The molecular formula is C17H23NO2. The Hall–Kier alpha value is -1.35. The van der Waals surface area contributed by atoms with Crippen LogP contribution >= 0.6 is 0 Å². The second-order valence-corrected chi connectivity index (χ2v) is 6.24. The van der Waals surface area contributed by atoms with Crippen molar-refractivity contribution in [3.8, 4) is 0 Å². The molecule has 1 N–H and O–H groups in total. The lowest BCUT2D eigenvalue weighted by atomic mass is 9.93. The number of benzene rings is 1. The quantitative estimate of drug-likeness (QED) is 0.900. The molecular weight excluding hydrogens is 250 g/mol. The Labute approximate surface area is 120 Å². The van der Waals surface area contributed by atoms with Gasteiger partial charge in [-0.3, -0.25) is 4.79 Å². The van der Waals surface area contributed by atoms with E-state index in [2.05, 4.69) is 0 Å². The molecule has 1 aliphatic heterocycles. The van der Waals surface area contributed by atoms with Gasteiger partial charge in [-0.05, 0) is 44.7 Å². The van der Waals surface area contributed by atoms with E-state index in [1.807, 2.05) is 36.1 Å². The van der Waals surface area contributed by atoms with E-state index in [0.29, 0.717) is 0 Å². The standard InChI is InChI=1S/C17H23NO2/c1-12-7-9-13(10-8-12)17(20)18-11-3-5-15(18)14-4-2-6-16(14)19/h7-10,14-16,19H,2-6,11H2,1H3. The summed E-state index contributed by atoms with van der Waals surface area (Å²) in [5.74, 6) is 0.415. The van der Waals surface area contributed by atoms with Gasteiger partial charge in [-0.15, -0.1) is 0 Å². The van der Waals surface area contributed by atoms with Crippen molar-refractivity contribution in [2.75, 3.05) is 6.54 Å². The molecule has 2 aliphatic rings. The van der Waals surface area contributed by atoms with E-state index in [9.17, 15) is 9.90 Å². The molecule has 1 saturated heterocycles. The zero-order valence-corrected chi connectivity index (χ0v) is 12.1. The van der Waals surface area contributed by atoms with Crippen LogP contribution in [0.5, 0.6) is 0 Å². The monoisotopic (exact) mass is 273 g/mol. The van der Waals surface area contributed by atoms with E-state index in [0.717, 1.165) is 44.2 Å². The molecule has 0 bridgehead atoms. The third-order valence-corrected chi connectivity index (χ3v) is 4.88. The third-order valence-electron chi connectivity index (χ3n) is 4.88. The molecule has 108 valence electrons. The molecule has 3 nitrogen and oxygen atoms in total. The Kier molecular flexibility index (Phi) is 3.79. The summed E-state index contributed by atoms with van der Waals surface area (Å²) in [6.07, 6.45) is 4.93. The van der Waals surface area contributed by atoms with Crippen LogP contribution in [0.1, 0.15) is 48.0 Å². The predicted octanol–water partition coefficient (Wildman–Crippen LogP) is 2.76. The normalized spacial score (nSPS) is 29.9. The molecule has 1 aromatic carbocycles. The summed E-state index contributed by atoms with van der Waals surface area (Å²) in [6.45, 7) is 2.86. The van der Waals surface area contributed by atoms with Crippen molar-refractivity contribution in [1.29, 1.82) is 0 Å². The van der Waals surface area contributed by atoms with Crippen LogP contribution in [0.15, 0.2) is 24.3 Å². The zero-order valence-electron chi connectivity index (χ0n) is 12.1. The van der Waals surface area contributed by atoms with Gasteiger partial charge in [0.05, 0.1) is 6.10 Å². The minimum Gasteiger partial charge on any atom is -0.393 e. The topological polar surface area (TPSA) is 40.5 Å². The first kappa shape index (κ1) is 13.6. The minimum atomic E-state index is -0.216. The highest BCUT2D eigenvalue weighted by atomic mass is 16.3. The summed E-state index contributed by atoms with van der Waals surface area (Å²) in [5, 5.41) is 10.1. The van der Waals surface area contributed by atoms with Crippen molar-refractivity contribution in [3.05, 3.63) is 35.4 Å². The first-order chi connectivity index (χ1) is 9.66. The van der Waals surface area contributed by atoms with E-state index in [1.165, 1.54) is 5.56 Å². The maximum atomic E-state index is 12.7. The van der Waals surface area contributed by atoms with Gasteiger partial charge in [-0.25, -0.2) is 0 Å². The highest BCUT2D eigenvalue weighted by molar-refractivity contribution is 5.94. The van der Waals surface area contributed by atoms with E-state index < -0.39 is 0 Å². The molecule has 3 atom stereocenters. The maximum absolute atomic E-state index is 12.7. The largest absolute Gasteiger partial charge is 0.393 e. The van der Waals surface area contributed by atoms with Crippen LogP contribution in [0.2, 0.25) is 0 Å². The number of likely N-dealkylation sites (tertiary alicyclic amines) is 1. The van der Waals surface area contributed by atoms with Crippen LogP contribution in [0.3, 0.4) is 0 Å². The van der Waals surface area contributed by atoms with Gasteiger partial charge in [-0.1, -0.05) is 24.1 Å². The van der Waals surface area contributed by atoms with E-state index in [-0.39, 0.29) is 24.0 Å². The van der Waals surface area contributed by atoms with Crippen molar-refractivity contribution in [2.45, 2.75) is 51.2 Å². The number of rotatable bonds is 2. The fourth-order valence-electron chi connectivity index (χ4n) is 3.77. The molecule has 1 saturated carbocycles. The molecule has 0 aromatic heterocycles. The second-order valence-electron chi connectivity index (χ2n) is 6.24. The van der Waals surface area contributed by atoms with Crippen LogP contribution in [0, 0.1) is 12.8 Å². The molecule has 2 fully saturated rings. The Bertz CT molecular complexity index is 482. The number of aliphatic hydroxyl groups excluding tert-OH is 1. The predicted molar refractivity (Wildman–Crippen MR) is 78.6 cm³/mol. The fraction of sp³-hybridized carbons (Fsp3) is 0.588. The van der Waals surface area contributed by atoms with Crippen LogP contribution in [-0.4, -0.2) is 34.6 Å². The zero-order chi connectivity index (χ0) is 14.1. The summed E-state index contributed by atoms with van der Waals surface area (Å²) in [4.78, 5) is 14.7. The average molecular weight is 273 g/mol. The van der Waals surface area contributed by atoms with E-state index >= 15 is 0 Å². The number of nitrogens with zero attached hydrogens (tertiary/aromatic N) is 1. The van der Waals surface area contributed by atoms with Crippen molar-refractivity contribution in [1.82, 2.24) is 4.90 Å². The Morgan fingerprint density at radius 2 is 1.90 bits per heavy atom. The number of hydrogen-bond donors (Lipinski definition) is 1. The summed E-state index contributed by atoms with van der Waals surface area (Å²) < 4.78 is 0. The lowest BCUT2D eigenvalue weighted by molar-refractivity contribution is 0.0528. The van der Waals surface area contributed by atoms with Crippen LogP contribution < -0.4 is 0 Å². The van der Waals surface area contributed by atoms with Crippen molar-refractivity contribution in [3.63, 3.8) is 0 Å². The number of amides is 1. The van der Waals surface area contributed by atoms with Gasteiger partial charge in [0, 0.05) is 24.1 Å². The number of aliphatic hydroxyl groups is 1. The maximum Gasteiger partial charge on any atom is 0.254 e. The van der Waals surface area contributed by atoms with Gasteiger partial charge in [0.25, 0.3) is 5.91 Å². The van der Waals surface area contributed by atoms with E-state index in [1.54, 1.807) is 0 Å². The van der Waals surface area contributed by atoms with Gasteiger partial charge in [0.15, 0.2) is 0 Å². The highest BCUT2D eigenvalue weighted by Crippen LogP contribution is 2.36. The molecule has 0 spiro atoms. The first-order valence-electron chi connectivity index (χ1n) is 7.72. The average Bonchev–Trinajstić information content (AvgIpc) is 3.07. The number of hydrogen-bond acceptors (Lipinski definition) is 2. The van der Waals surface area contributed by atoms with Crippen LogP contribution in [0.4, 0.5) is 0 Å². The molecule has 20 heavy (non-hydrogen) atoms. The van der Waals surface area contributed by atoms with Gasteiger partial charge >= 0.3 is 0 Å². The first-order valence-corrected chi connectivity index (χ1v) is 7.72. The van der Waals surface area contributed by atoms with E-state index in [4.69, 9.17) is 0 Å². The smallest absolute Gasteiger partial charge is 0.254 e. The summed E-state index contributed by atoms with van der Waals surface area (Å²) >= 11 is 0. The molecule has 1 aliphatic carbocycles. The summed E-state index contributed by atoms with van der Waals surface area (Å²) in [5.41, 5.74) is 1.95. The Balaban J connectivity index is 1.78. The number of carbonyl (C=O) groups is 1. The van der Waals surface area contributed by atoms with Crippen LogP contribution in [-0.2, 0) is 0 Å². The summed E-state index contributed by atoms with van der Waals surface area (Å²) in [7, 11) is 0. The van der Waals surface area contributed by atoms with Crippen LogP contribution in [0.25, 0.3) is 0 Å². The summed E-state index contributed by atoms with van der Waals surface area (Å²) in [6, 6.07) is 8.04. The minimum absolute atomic E-state index is 0.131. The lowest BCUT2D eigenvalue weighted by Gasteiger charge is -2.31. The Morgan fingerprint density at radius 1 is 1.15 bits per heavy atom. The SMILES string of the molecule is Cc1ccc(C(=O)N2CCCC2C2CCCC2O)cc1. The molecule has 1 heterocycles. The molecule has 3 heteroatoms. The van der Waals surface area contributed by atoms with Crippen molar-refractivity contribution < 1.29 is 9.90 Å². The molecule has 1 aromatic rings. The highest BCUT2D eigenvalue weighted by Gasteiger charge is 2.40.